The van der Waals surface area contributed by atoms with Gasteiger partial charge in [0.25, 0.3) is 5.69 Å². The van der Waals surface area contributed by atoms with Crippen LogP contribution in [0.5, 0.6) is 0 Å². The summed E-state index contributed by atoms with van der Waals surface area (Å²) in [6, 6.07) is 16.4. The highest BCUT2D eigenvalue weighted by Crippen LogP contribution is 2.19. The molecule has 2 aromatic rings. The van der Waals surface area contributed by atoms with Crippen LogP contribution < -0.4 is 0 Å². The second-order valence-electron chi connectivity index (χ2n) is 5.27. The molecule has 2 rings (SSSR count). The zero-order valence-corrected chi connectivity index (χ0v) is 13.1. The maximum atomic E-state index is 12.4. The van der Waals surface area contributed by atoms with Crippen LogP contribution >= 0.6 is 0 Å². The Balaban J connectivity index is 2.02. The molecule has 0 spiro atoms. The highest BCUT2D eigenvalue weighted by Gasteiger charge is 2.18. The van der Waals surface area contributed by atoms with Crippen molar-refractivity contribution in [2.75, 3.05) is 13.1 Å². The van der Waals surface area contributed by atoms with Gasteiger partial charge in [-0.1, -0.05) is 48.5 Å². The lowest BCUT2D eigenvalue weighted by atomic mass is 10.1. The van der Waals surface area contributed by atoms with Crippen molar-refractivity contribution in [2.24, 2.45) is 0 Å². The molecule has 1 amide bonds. The maximum absolute atomic E-state index is 12.4. The molecule has 0 aliphatic rings. The van der Waals surface area contributed by atoms with Gasteiger partial charge in [0.15, 0.2) is 0 Å². The standard InChI is InChI=1S/C18H20N2O3/c1-2-19(13-12-15-8-4-3-5-9-15)18(21)14-16-10-6-7-11-17(16)20(22)23/h3-11H,2,12-14H2,1H3. The van der Waals surface area contributed by atoms with Crippen molar-refractivity contribution in [1.82, 2.24) is 4.90 Å². The highest BCUT2D eigenvalue weighted by atomic mass is 16.6. The molecule has 0 saturated heterocycles. The normalized spacial score (nSPS) is 10.3. The molecule has 5 nitrogen and oxygen atoms in total. The third-order valence-corrected chi connectivity index (χ3v) is 3.78. The van der Waals surface area contributed by atoms with Crippen LogP contribution in [0.25, 0.3) is 0 Å². The lowest BCUT2D eigenvalue weighted by molar-refractivity contribution is -0.385. The van der Waals surface area contributed by atoms with Crippen molar-refractivity contribution < 1.29 is 9.72 Å². The van der Waals surface area contributed by atoms with E-state index in [-0.39, 0.29) is 18.0 Å². The first kappa shape index (κ1) is 16.7. The number of para-hydroxylation sites is 1. The van der Waals surface area contributed by atoms with E-state index in [2.05, 4.69) is 0 Å². The van der Waals surface area contributed by atoms with Gasteiger partial charge in [0.05, 0.1) is 11.3 Å². The first-order valence-corrected chi connectivity index (χ1v) is 7.65. The van der Waals surface area contributed by atoms with Gasteiger partial charge in [-0.3, -0.25) is 14.9 Å². The fourth-order valence-corrected chi connectivity index (χ4v) is 2.48. The Bertz CT molecular complexity index is 671. The van der Waals surface area contributed by atoms with Crippen molar-refractivity contribution in [3.63, 3.8) is 0 Å². The zero-order chi connectivity index (χ0) is 16.7. The highest BCUT2D eigenvalue weighted by molar-refractivity contribution is 5.80. The van der Waals surface area contributed by atoms with Crippen LogP contribution in [0.4, 0.5) is 5.69 Å². The van der Waals surface area contributed by atoms with Gasteiger partial charge >= 0.3 is 0 Å². The molecule has 5 heteroatoms. The van der Waals surface area contributed by atoms with Gasteiger partial charge in [0, 0.05) is 24.7 Å². The smallest absolute Gasteiger partial charge is 0.273 e. The molecule has 0 saturated carbocycles. The first-order chi connectivity index (χ1) is 11.1. The van der Waals surface area contributed by atoms with Crippen LogP contribution in [0.3, 0.4) is 0 Å². The summed E-state index contributed by atoms with van der Waals surface area (Å²) in [5.41, 5.74) is 1.63. The average molecular weight is 312 g/mol. The van der Waals surface area contributed by atoms with Crippen molar-refractivity contribution in [1.29, 1.82) is 0 Å². The number of rotatable bonds is 7. The maximum Gasteiger partial charge on any atom is 0.273 e. The molecule has 0 fully saturated rings. The molecule has 0 bridgehead atoms. The predicted molar refractivity (Wildman–Crippen MR) is 89.2 cm³/mol. The number of likely N-dealkylation sites (N-methyl/N-ethyl adjacent to an activating group) is 1. The molecule has 0 aromatic heterocycles. The van der Waals surface area contributed by atoms with Crippen LogP contribution in [-0.4, -0.2) is 28.8 Å². The summed E-state index contributed by atoms with van der Waals surface area (Å²) < 4.78 is 0. The van der Waals surface area contributed by atoms with Crippen molar-refractivity contribution >= 4 is 11.6 Å². The fourth-order valence-electron chi connectivity index (χ4n) is 2.48. The van der Waals surface area contributed by atoms with Crippen molar-refractivity contribution in [3.8, 4) is 0 Å². The molecule has 0 atom stereocenters. The molecule has 0 aliphatic heterocycles. The van der Waals surface area contributed by atoms with E-state index in [0.29, 0.717) is 18.7 Å². The Labute approximate surface area is 135 Å². The third kappa shape index (κ3) is 4.64. The number of nitro benzene ring substituents is 1. The summed E-state index contributed by atoms with van der Waals surface area (Å²) in [5, 5.41) is 11.0. The molecule has 23 heavy (non-hydrogen) atoms. The molecule has 0 N–H and O–H groups in total. The number of amides is 1. The minimum absolute atomic E-state index is 0.0000348. The van der Waals surface area contributed by atoms with Crippen molar-refractivity contribution in [3.05, 3.63) is 75.8 Å². The molecular formula is C18H20N2O3. The largest absolute Gasteiger partial charge is 0.342 e. The zero-order valence-electron chi connectivity index (χ0n) is 13.1. The Morgan fingerprint density at radius 3 is 2.39 bits per heavy atom. The monoisotopic (exact) mass is 312 g/mol. The summed E-state index contributed by atoms with van der Waals surface area (Å²) in [6.45, 7) is 3.12. The molecule has 2 aromatic carbocycles. The number of benzene rings is 2. The van der Waals surface area contributed by atoms with Gasteiger partial charge in [-0.2, -0.15) is 0 Å². The molecule has 0 heterocycles. The summed E-state index contributed by atoms with van der Waals surface area (Å²) >= 11 is 0. The summed E-state index contributed by atoms with van der Waals surface area (Å²) in [4.78, 5) is 24.8. The quantitative estimate of drug-likeness (QED) is 0.582. The van der Waals surface area contributed by atoms with Crippen LogP contribution in [-0.2, 0) is 17.6 Å². The Morgan fingerprint density at radius 1 is 1.09 bits per heavy atom. The molecule has 0 radical (unpaired) electrons. The first-order valence-electron chi connectivity index (χ1n) is 7.65. The Morgan fingerprint density at radius 2 is 1.74 bits per heavy atom. The fraction of sp³-hybridized carbons (Fsp3) is 0.278. The summed E-state index contributed by atoms with van der Waals surface area (Å²) in [7, 11) is 0. The second kappa shape index (κ2) is 8.08. The van der Waals surface area contributed by atoms with Crippen molar-refractivity contribution in [2.45, 2.75) is 19.8 Å². The predicted octanol–water partition coefficient (Wildman–Crippen LogP) is 3.23. The average Bonchev–Trinajstić information content (AvgIpc) is 2.56. The lowest BCUT2D eigenvalue weighted by Gasteiger charge is -2.21. The van der Waals surface area contributed by atoms with E-state index in [1.807, 2.05) is 37.3 Å². The van der Waals surface area contributed by atoms with E-state index >= 15 is 0 Å². The molecule has 0 aliphatic carbocycles. The number of hydrogen-bond acceptors (Lipinski definition) is 3. The molecule has 0 unspecified atom stereocenters. The van der Waals surface area contributed by atoms with E-state index < -0.39 is 4.92 Å². The van der Waals surface area contributed by atoms with Crippen LogP contribution in [0.2, 0.25) is 0 Å². The Kier molecular flexibility index (Phi) is 5.86. The SMILES string of the molecule is CCN(CCc1ccccc1)C(=O)Cc1ccccc1[N+](=O)[O-]. The number of carbonyl (C=O) groups excluding carboxylic acids is 1. The topological polar surface area (TPSA) is 63.5 Å². The van der Waals surface area contributed by atoms with E-state index in [0.717, 1.165) is 6.42 Å². The second-order valence-corrected chi connectivity index (χ2v) is 5.27. The molecule has 120 valence electrons. The third-order valence-electron chi connectivity index (χ3n) is 3.78. The number of nitrogens with zero attached hydrogens (tertiary/aromatic N) is 2. The van der Waals surface area contributed by atoms with Crippen LogP contribution in [0.1, 0.15) is 18.1 Å². The number of nitro groups is 1. The van der Waals surface area contributed by atoms with Gasteiger partial charge in [0.1, 0.15) is 0 Å². The minimum Gasteiger partial charge on any atom is -0.342 e. The van der Waals surface area contributed by atoms with Gasteiger partial charge in [-0.25, -0.2) is 0 Å². The van der Waals surface area contributed by atoms with Crippen LogP contribution in [0, 0.1) is 10.1 Å². The van der Waals surface area contributed by atoms with E-state index in [4.69, 9.17) is 0 Å². The lowest BCUT2D eigenvalue weighted by Crippen LogP contribution is -2.34. The minimum atomic E-state index is -0.442. The van der Waals surface area contributed by atoms with E-state index in [9.17, 15) is 14.9 Å². The molecular weight excluding hydrogens is 292 g/mol. The van der Waals surface area contributed by atoms with Gasteiger partial charge in [-0.05, 0) is 18.9 Å². The number of carbonyl (C=O) groups is 1. The Hall–Kier alpha value is -2.69. The van der Waals surface area contributed by atoms with Crippen LogP contribution in [0.15, 0.2) is 54.6 Å². The summed E-state index contributed by atoms with van der Waals surface area (Å²) in [6.07, 6.45) is 0.830. The number of hydrogen-bond donors (Lipinski definition) is 0. The summed E-state index contributed by atoms with van der Waals surface area (Å²) in [5.74, 6) is -0.0854. The van der Waals surface area contributed by atoms with Gasteiger partial charge < -0.3 is 4.90 Å². The van der Waals surface area contributed by atoms with Gasteiger partial charge in [-0.15, -0.1) is 0 Å². The van der Waals surface area contributed by atoms with E-state index in [1.165, 1.54) is 11.6 Å². The van der Waals surface area contributed by atoms with E-state index in [1.54, 1.807) is 23.1 Å². The van der Waals surface area contributed by atoms with Gasteiger partial charge in [0.2, 0.25) is 5.91 Å².